The highest BCUT2D eigenvalue weighted by Crippen LogP contribution is 2.39. The lowest BCUT2D eigenvalue weighted by atomic mass is 10.2. The zero-order chi connectivity index (χ0) is 15.0. The third-order valence-electron chi connectivity index (χ3n) is 3.50. The molecule has 1 fully saturated rings. The molecule has 0 atom stereocenters. The molecule has 2 aromatic rings. The molecule has 1 N–H and O–H groups in total. The first-order valence-corrected chi connectivity index (χ1v) is 7.93. The minimum absolute atomic E-state index is 0.258. The maximum atomic E-state index is 13.3. The Bertz CT molecular complexity index is 689. The molecule has 0 spiro atoms. The van der Waals surface area contributed by atoms with Gasteiger partial charge in [0.25, 0.3) is 0 Å². The van der Waals surface area contributed by atoms with Gasteiger partial charge in [-0.05, 0) is 43.5 Å². The van der Waals surface area contributed by atoms with E-state index in [1.165, 1.54) is 12.1 Å². The molecular formula is C15H14BrClFN3. The molecule has 0 aliphatic heterocycles. The van der Waals surface area contributed by atoms with E-state index in [1.54, 1.807) is 6.07 Å². The van der Waals surface area contributed by atoms with E-state index >= 15 is 0 Å². The smallest absolute Gasteiger partial charge is 0.137 e. The largest absolute Gasteiger partial charge is 0.366 e. The first-order valence-electron chi connectivity index (χ1n) is 6.76. The van der Waals surface area contributed by atoms with Crippen molar-refractivity contribution in [3.8, 4) is 0 Å². The lowest BCUT2D eigenvalue weighted by molar-refractivity contribution is 0.625. The number of rotatable bonds is 4. The molecule has 21 heavy (non-hydrogen) atoms. The maximum Gasteiger partial charge on any atom is 0.137 e. The Hall–Kier alpha value is -1.20. The van der Waals surface area contributed by atoms with E-state index in [0.717, 1.165) is 34.3 Å². The van der Waals surface area contributed by atoms with Crippen molar-refractivity contribution in [1.29, 1.82) is 0 Å². The number of hydrogen-bond donors (Lipinski definition) is 1. The fourth-order valence-corrected chi connectivity index (χ4v) is 2.62. The van der Waals surface area contributed by atoms with Crippen LogP contribution in [0.4, 0.5) is 10.2 Å². The molecule has 0 bridgehead atoms. The Balaban J connectivity index is 1.82. The summed E-state index contributed by atoms with van der Waals surface area (Å²) >= 11 is 9.59. The van der Waals surface area contributed by atoms with Crippen LogP contribution >= 0.6 is 27.5 Å². The van der Waals surface area contributed by atoms with Crippen LogP contribution in [0.25, 0.3) is 0 Å². The number of nitrogens with one attached hydrogen (secondary N) is 1. The zero-order valence-electron chi connectivity index (χ0n) is 11.5. The number of halogens is 3. The average molecular weight is 371 g/mol. The third-order valence-corrected chi connectivity index (χ3v) is 4.64. The van der Waals surface area contributed by atoms with Gasteiger partial charge < -0.3 is 5.32 Å². The van der Waals surface area contributed by atoms with E-state index in [2.05, 4.69) is 31.2 Å². The summed E-state index contributed by atoms with van der Waals surface area (Å²) in [7, 11) is 0. The Morgan fingerprint density at radius 2 is 2.14 bits per heavy atom. The van der Waals surface area contributed by atoms with Crippen LogP contribution in [0.2, 0.25) is 5.15 Å². The van der Waals surface area contributed by atoms with E-state index in [1.807, 2.05) is 6.92 Å². The highest BCUT2D eigenvalue weighted by atomic mass is 79.9. The summed E-state index contributed by atoms with van der Waals surface area (Å²) in [5.41, 5.74) is 1.64. The molecule has 110 valence electrons. The summed E-state index contributed by atoms with van der Waals surface area (Å²) in [4.78, 5) is 8.87. The van der Waals surface area contributed by atoms with Crippen molar-refractivity contribution in [2.45, 2.75) is 32.2 Å². The highest BCUT2D eigenvalue weighted by molar-refractivity contribution is 9.10. The van der Waals surface area contributed by atoms with Crippen molar-refractivity contribution >= 4 is 33.3 Å². The molecule has 3 rings (SSSR count). The van der Waals surface area contributed by atoms with Crippen molar-refractivity contribution < 1.29 is 4.39 Å². The second kappa shape index (κ2) is 5.89. The third kappa shape index (κ3) is 3.35. The van der Waals surface area contributed by atoms with Crippen molar-refractivity contribution in [3.05, 3.63) is 50.6 Å². The lowest BCUT2D eigenvalue weighted by Gasteiger charge is -2.12. The van der Waals surface area contributed by atoms with Crippen molar-refractivity contribution in [2.75, 3.05) is 5.32 Å². The minimum atomic E-state index is -0.258. The summed E-state index contributed by atoms with van der Waals surface area (Å²) in [5, 5.41) is 3.71. The van der Waals surface area contributed by atoms with Gasteiger partial charge in [-0.25, -0.2) is 14.4 Å². The molecule has 0 unspecified atom stereocenters. The van der Waals surface area contributed by atoms with Gasteiger partial charge in [0.15, 0.2) is 0 Å². The van der Waals surface area contributed by atoms with E-state index in [-0.39, 0.29) is 5.82 Å². The van der Waals surface area contributed by atoms with E-state index in [4.69, 9.17) is 11.6 Å². The Morgan fingerprint density at radius 1 is 1.38 bits per heavy atom. The summed E-state index contributed by atoms with van der Waals surface area (Å²) in [6.07, 6.45) is 2.24. The molecule has 0 saturated heterocycles. The molecule has 1 aromatic carbocycles. The summed E-state index contributed by atoms with van der Waals surface area (Å²) in [6.45, 7) is 2.35. The molecule has 0 radical (unpaired) electrons. The fourth-order valence-electron chi connectivity index (χ4n) is 2.06. The SMILES string of the molecule is Cc1c(Cl)nc(C2CC2)nc1NCc1cc(F)ccc1Br. The Kier molecular flexibility index (Phi) is 4.13. The number of anilines is 1. The predicted octanol–water partition coefficient (Wildman–Crippen LogP) is 4.83. The predicted molar refractivity (Wildman–Crippen MR) is 85.2 cm³/mol. The molecule has 0 amide bonds. The van der Waals surface area contributed by atoms with Crippen LogP contribution in [-0.2, 0) is 6.54 Å². The van der Waals surface area contributed by atoms with Gasteiger partial charge in [0, 0.05) is 22.5 Å². The normalized spacial score (nSPS) is 14.3. The number of hydrogen-bond acceptors (Lipinski definition) is 3. The van der Waals surface area contributed by atoms with Crippen LogP contribution < -0.4 is 5.32 Å². The molecular weight excluding hydrogens is 357 g/mol. The standard InChI is InChI=1S/C15H14BrClFN3/c1-8-13(17)20-15(9-2-3-9)21-14(8)19-7-10-6-11(18)4-5-12(10)16/h4-6,9H,2-3,7H2,1H3,(H,19,20,21). The van der Waals surface area contributed by atoms with E-state index in [9.17, 15) is 4.39 Å². The molecule has 1 aliphatic carbocycles. The van der Waals surface area contributed by atoms with Crippen LogP contribution in [-0.4, -0.2) is 9.97 Å². The molecule has 1 aromatic heterocycles. The summed E-state index contributed by atoms with van der Waals surface area (Å²) < 4.78 is 14.2. The Morgan fingerprint density at radius 3 is 2.86 bits per heavy atom. The summed E-state index contributed by atoms with van der Waals surface area (Å²) in [6, 6.07) is 4.62. The van der Waals surface area contributed by atoms with Crippen molar-refractivity contribution in [2.24, 2.45) is 0 Å². The van der Waals surface area contributed by atoms with E-state index < -0.39 is 0 Å². The molecule has 1 heterocycles. The van der Waals surface area contributed by atoms with Crippen LogP contribution in [0, 0.1) is 12.7 Å². The van der Waals surface area contributed by atoms with E-state index in [0.29, 0.717) is 23.4 Å². The van der Waals surface area contributed by atoms with Crippen molar-refractivity contribution in [3.63, 3.8) is 0 Å². The second-order valence-corrected chi connectivity index (χ2v) is 6.42. The van der Waals surface area contributed by atoms with Gasteiger partial charge in [-0.15, -0.1) is 0 Å². The zero-order valence-corrected chi connectivity index (χ0v) is 13.8. The first-order chi connectivity index (χ1) is 10.0. The van der Waals surface area contributed by atoms with Crippen molar-refractivity contribution in [1.82, 2.24) is 9.97 Å². The van der Waals surface area contributed by atoms with Crippen LogP contribution in [0.1, 0.15) is 35.7 Å². The first kappa shape index (κ1) is 14.7. The average Bonchev–Trinajstić information content (AvgIpc) is 3.28. The van der Waals surface area contributed by atoms with Gasteiger partial charge in [0.05, 0.1) is 0 Å². The quantitative estimate of drug-likeness (QED) is 0.783. The lowest BCUT2D eigenvalue weighted by Crippen LogP contribution is -2.07. The van der Waals surface area contributed by atoms with Gasteiger partial charge in [0.1, 0.15) is 22.6 Å². The second-order valence-electron chi connectivity index (χ2n) is 5.21. The topological polar surface area (TPSA) is 37.8 Å². The molecule has 1 saturated carbocycles. The number of nitrogens with zero attached hydrogens (tertiary/aromatic N) is 2. The van der Waals surface area contributed by atoms with Gasteiger partial charge in [-0.1, -0.05) is 27.5 Å². The fraction of sp³-hybridized carbons (Fsp3) is 0.333. The number of benzene rings is 1. The molecule has 1 aliphatic rings. The van der Waals surface area contributed by atoms with Crippen LogP contribution in [0.5, 0.6) is 0 Å². The number of aromatic nitrogens is 2. The van der Waals surface area contributed by atoms with Gasteiger partial charge in [-0.3, -0.25) is 0 Å². The van der Waals surface area contributed by atoms with Gasteiger partial charge in [-0.2, -0.15) is 0 Å². The highest BCUT2D eigenvalue weighted by Gasteiger charge is 2.28. The molecule has 6 heteroatoms. The minimum Gasteiger partial charge on any atom is -0.366 e. The Labute approximate surface area is 136 Å². The van der Waals surface area contributed by atoms with Crippen LogP contribution in [0.3, 0.4) is 0 Å². The maximum absolute atomic E-state index is 13.3. The van der Waals surface area contributed by atoms with Gasteiger partial charge in [0.2, 0.25) is 0 Å². The monoisotopic (exact) mass is 369 g/mol. The molecule has 3 nitrogen and oxygen atoms in total. The van der Waals surface area contributed by atoms with Gasteiger partial charge >= 0.3 is 0 Å². The summed E-state index contributed by atoms with van der Waals surface area (Å²) in [5.74, 6) is 1.69. The van der Waals surface area contributed by atoms with Crippen LogP contribution in [0.15, 0.2) is 22.7 Å².